The average molecular weight is 198 g/mol. The van der Waals surface area contributed by atoms with Crippen LogP contribution in [-0.4, -0.2) is 24.4 Å². The molecular formula is C8H10N2O2S. The summed E-state index contributed by atoms with van der Waals surface area (Å²) in [6.07, 6.45) is 3.14. The van der Waals surface area contributed by atoms with Crippen LogP contribution in [0.5, 0.6) is 0 Å². The summed E-state index contributed by atoms with van der Waals surface area (Å²) < 4.78 is 4.42. The molecule has 0 aliphatic carbocycles. The molecule has 4 nitrogen and oxygen atoms in total. The number of nitrogens with one attached hydrogen (secondary N) is 1. The predicted molar refractivity (Wildman–Crippen MR) is 52.0 cm³/mol. The highest BCUT2D eigenvalue weighted by molar-refractivity contribution is 7.98. The number of rotatable bonds is 2. The topological polar surface area (TPSA) is 51.2 Å². The highest BCUT2D eigenvalue weighted by atomic mass is 32.2. The molecule has 0 radical (unpaired) electrons. The molecule has 1 amide bonds. The minimum absolute atomic E-state index is 0.490. The summed E-state index contributed by atoms with van der Waals surface area (Å²) in [6.45, 7) is 0. The zero-order valence-electron chi connectivity index (χ0n) is 7.40. The molecule has 0 atom stereocenters. The monoisotopic (exact) mass is 198 g/mol. The van der Waals surface area contributed by atoms with Gasteiger partial charge in [0.05, 0.1) is 7.11 Å². The van der Waals surface area contributed by atoms with Gasteiger partial charge in [0.25, 0.3) is 0 Å². The first-order valence-corrected chi connectivity index (χ1v) is 4.83. The number of carbonyl (C=O) groups is 1. The van der Waals surface area contributed by atoms with Crippen molar-refractivity contribution in [1.82, 2.24) is 4.98 Å². The molecule has 70 valence electrons. The van der Waals surface area contributed by atoms with E-state index < -0.39 is 6.09 Å². The van der Waals surface area contributed by atoms with Crippen LogP contribution in [0.15, 0.2) is 23.2 Å². The lowest BCUT2D eigenvalue weighted by Gasteiger charge is -2.02. The fraction of sp³-hybridized carbons (Fsp3) is 0.250. The van der Waals surface area contributed by atoms with Gasteiger partial charge >= 0.3 is 6.09 Å². The van der Waals surface area contributed by atoms with E-state index in [1.54, 1.807) is 24.0 Å². The lowest BCUT2D eigenvalue weighted by Crippen LogP contribution is -2.11. The second-order valence-electron chi connectivity index (χ2n) is 2.20. The first-order chi connectivity index (χ1) is 6.26. The van der Waals surface area contributed by atoms with Crippen LogP contribution < -0.4 is 5.32 Å². The number of methoxy groups -OCH3 is 1. The second-order valence-corrected chi connectivity index (χ2v) is 3.08. The maximum absolute atomic E-state index is 10.8. The number of ether oxygens (including phenoxy) is 1. The summed E-state index contributed by atoms with van der Waals surface area (Å²) in [5.41, 5.74) is 0. The molecule has 13 heavy (non-hydrogen) atoms. The number of pyridine rings is 1. The van der Waals surface area contributed by atoms with Crippen LogP contribution >= 0.6 is 11.8 Å². The maximum Gasteiger partial charge on any atom is 0.412 e. The molecule has 1 rings (SSSR count). The standard InChI is InChI=1S/C8H10N2O2S/c1-12-8(11)10-7-4-3-6(13-2)5-9-7/h3-5H,1-2H3,(H,9,10,11). The number of hydrogen-bond donors (Lipinski definition) is 1. The molecule has 0 aliphatic rings. The van der Waals surface area contributed by atoms with Gasteiger partial charge in [-0.05, 0) is 18.4 Å². The molecule has 0 saturated heterocycles. The van der Waals surface area contributed by atoms with E-state index >= 15 is 0 Å². The van der Waals surface area contributed by atoms with Crippen molar-refractivity contribution >= 4 is 23.7 Å². The van der Waals surface area contributed by atoms with Crippen LogP contribution in [-0.2, 0) is 4.74 Å². The molecule has 0 aromatic carbocycles. The van der Waals surface area contributed by atoms with Crippen molar-refractivity contribution in [1.29, 1.82) is 0 Å². The molecule has 0 fully saturated rings. The fourth-order valence-electron chi connectivity index (χ4n) is 0.731. The number of nitrogens with zero attached hydrogens (tertiary/aromatic N) is 1. The Labute approximate surface area is 80.7 Å². The molecule has 0 bridgehead atoms. The normalized spacial score (nSPS) is 9.38. The van der Waals surface area contributed by atoms with E-state index in [4.69, 9.17) is 0 Å². The van der Waals surface area contributed by atoms with E-state index in [2.05, 4.69) is 15.0 Å². The molecule has 1 aromatic rings. The van der Waals surface area contributed by atoms with Gasteiger partial charge in [-0.3, -0.25) is 5.32 Å². The van der Waals surface area contributed by atoms with E-state index in [1.165, 1.54) is 7.11 Å². The molecule has 5 heteroatoms. The van der Waals surface area contributed by atoms with Crippen molar-refractivity contribution in [3.63, 3.8) is 0 Å². The zero-order valence-corrected chi connectivity index (χ0v) is 8.22. The molecule has 1 aromatic heterocycles. The molecule has 1 N–H and O–H groups in total. The smallest absolute Gasteiger partial charge is 0.412 e. The Hall–Kier alpha value is -1.23. The molecule has 0 aliphatic heterocycles. The van der Waals surface area contributed by atoms with Gasteiger partial charge in [0, 0.05) is 11.1 Å². The average Bonchev–Trinajstić information content (AvgIpc) is 2.19. The van der Waals surface area contributed by atoms with E-state index in [0.717, 1.165) is 4.90 Å². The summed E-state index contributed by atoms with van der Waals surface area (Å²) in [5.74, 6) is 0.490. The summed E-state index contributed by atoms with van der Waals surface area (Å²) in [7, 11) is 1.31. The van der Waals surface area contributed by atoms with Crippen LogP contribution in [0.1, 0.15) is 0 Å². The Morgan fingerprint density at radius 1 is 1.62 bits per heavy atom. The number of amides is 1. The van der Waals surface area contributed by atoms with Gasteiger partial charge < -0.3 is 4.74 Å². The Kier molecular flexibility index (Phi) is 3.57. The molecule has 0 saturated carbocycles. The lowest BCUT2D eigenvalue weighted by molar-refractivity contribution is 0.187. The van der Waals surface area contributed by atoms with Crippen molar-refractivity contribution < 1.29 is 9.53 Å². The summed E-state index contributed by atoms with van der Waals surface area (Å²) in [4.78, 5) is 15.8. The summed E-state index contributed by atoms with van der Waals surface area (Å²) >= 11 is 1.60. The largest absolute Gasteiger partial charge is 0.453 e. The Bertz CT molecular complexity index is 287. The van der Waals surface area contributed by atoms with Crippen LogP contribution in [0.3, 0.4) is 0 Å². The van der Waals surface area contributed by atoms with Crippen LogP contribution in [0.25, 0.3) is 0 Å². The quantitative estimate of drug-likeness (QED) is 0.738. The van der Waals surface area contributed by atoms with Gasteiger partial charge in [0.1, 0.15) is 5.82 Å². The minimum Gasteiger partial charge on any atom is -0.453 e. The number of thioether (sulfide) groups is 1. The summed E-state index contributed by atoms with van der Waals surface area (Å²) in [6, 6.07) is 3.60. The Morgan fingerprint density at radius 3 is 2.85 bits per heavy atom. The van der Waals surface area contributed by atoms with Crippen molar-refractivity contribution in [3.8, 4) is 0 Å². The SMILES string of the molecule is COC(=O)Nc1ccc(SC)cn1. The van der Waals surface area contributed by atoms with Crippen LogP contribution in [0.4, 0.5) is 10.6 Å². The van der Waals surface area contributed by atoms with Gasteiger partial charge in [0.15, 0.2) is 0 Å². The minimum atomic E-state index is -0.510. The van der Waals surface area contributed by atoms with Gasteiger partial charge in [-0.2, -0.15) is 0 Å². The number of anilines is 1. The first-order valence-electron chi connectivity index (χ1n) is 3.61. The van der Waals surface area contributed by atoms with Crippen molar-refractivity contribution in [3.05, 3.63) is 18.3 Å². The molecular weight excluding hydrogens is 188 g/mol. The van der Waals surface area contributed by atoms with Crippen LogP contribution in [0, 0.1) is 0 Å². The van der Waals surface area contributed by atoms with E-state index in [1.807, 2.05) is 12.3 Å². The Morgan fingerprint density at radius 2 is 2.38 bits per heavy atom. The third-order valence-corrected chi connectivity index (χ3v) is 2.10. The first kappa shape index (κ1) is 9.85. The van der Waals surface area contributed by atoms with E-state index in [0.29, 0.717) is 5.82 Å². The van der Waals surface area contributed by atoms with E-state index in [-0.39, 0.29) is 0 Å². The Balaban J connectivity index is 2.64. The van der Waals surface area contributed by atoms with Crippen molar-refractivity contribution in [2.45, 2.75) is 4.90 Å². The third-order valence-electron chi connectivity index (χ3n) is 1.39. The number of carbonyl (C=O) groups excluding carboxylic acids is 1. The molecule has 0 unspecified atom stereocenters. The summed E-state index contributed by atoms with van der Waals surface area (Å²) in [5, 5.41) is 2.46. The van der Waals surface area contributed by atoms with Crippen molar-refractivity contribution in [2.24, 2.45) is 0 Å². The molecule has 1 heterocycles. The second kappa shape index (κ2) is 4.71. The van der Waals surface area contributed by atoms with Gasteiger partial charge in [-0.25, -0.2) is 9.78 Å². The van der Waals surface area contributed by atoms with Gasteiger partial charge in [0.2, 0.25) is 0 Å². The fourth-order valence-corrected chi connectivity index (χ4v) is 1.09. The lowest BCUT2D eigenvalue weighted by atomic mass is 10.5. The van der Waals surface area contributed by atoms with Crippen LogP contribution in [0.2, 0.25) is 0 Å². The third kappa shape index (κ3) is 2.95. The van der Waals surface area contributed by atoms with Gasteiger partial charge in [-0.15, -0.1) is 11.8 Å². The highest BCUT2D eigenvalue weighted by Gasteiger charge is 2.00. The van der Waals surface area contributed by atoms with E-state index in [9.17, 15) is 4.79 Å². The number of hydrogen-bond acceptors (Lipinski definition) is 4. The molecule has 0 spiro atoms. The van der Waals surface area contributed by atoms with Gasteiger partial charge in [-0.1, -0.05) is 0 Å². The zero-order chi connectivity index (χ0) is 9.68. The maximum atomic E-state index is 10.8. The number of aromatic nitrogens is 1. The predicted octanol–water partition coefficient (Wildman–Crippen LogP) is 1.98. The van der Waals surface area contributed by atoms with Crippen molar-refractivity contribution in [2.75, 3.05) is 18.7 Å². The highest BCUT2D eigenvalue weighted by Crippen LogP contribution is 2.14.